The first-order chi connectivity index (χ1) is 14.0. The van der Waals surface area contributed by atoms with Crippen LogP contribution in [-0.2, 0) is 30.4 Å². The van der Waals surface area contributed by atoms with E-state index in [9.17, 15) is 14.4 Å². The summed E-state index contributed by atoms with van der Waals surface area (Å²) in [6.45, 7) is 2.44. The van der Waals surface area contributed by atoms with Crippen LogP contribution < -0.4 is 10.1 Å². The first-order valence-corrected chi connectivity index (χ1v) is 9.69. The van der Waals surface area contributed by atoms with E-state index >= 15 is 0 Å². The lowest BCUT2D eigenvalue weighted by atomic mass is 9.77. The Balaban J connectivity index is 1.44. The van der Waals surface area contributed by atoms with Gasteiger partial charge >= 0.3 is 5.97 Å². The second kappa shape index (κ2) is 7.51. The number of hydrogen-bond acceptors (Lipinski definition) is 6. The van der Waals surface area contributed by atoms with Crippen molar-refractivity contribution < 1.29 is 28.6 Å². The monoisotopic (exact) mass is 400 g/mol. The van der Waals surface area contributed by atoms with Gasteiger partial charge in [-0.2, -0.15) is 0 Å². The van der Waals surface area contributed by atoms with E-state index in [1.807, 2.05) is 36.4 Å². The number of carbonyl (C=O) groups is 3. The first kappa shape index (κ1) is 19.4. The third-order valence-corrected chi connectivity index (χ3v) is 5.73. The van der Waals surface area contributed by atoms with Gasteiger partial charge in [0.05, 0.1) is 38.2 Å². The maximum atomic E-state index is 13.0. The molecule has 3 aliphatic rings. The highest BCUT2D eigenvalue weighted by Crippen LogP contribution is 2.51. The number of fused-ring (bicyclic) bond motifs is 1. The maximum Gasteiger partial charge on any atom is 0.325 e. The Labute approximate surface area is 168 Å². The minimum atomic E-state index is -0.837. The van der Waals surface area contributed by atoms with E-state index in [1.165, 1.54) is 4.90 Å². The highest BCUT2D eigenvalue weighted by Gasteiger charge is 2.66. The van der Waals surface area contributed by atoms with Gasteiger partial charge in [0.1, 0.15) is 17.9 Å². The van der Waals surface area contributed by atoms with Crippen LogP contribution in [-0.4, -0.2) is 61.2 Å². The lowest BCUT2D eigenvalue weighted by molar-refractivity contribution is -0.149. The van der Waals surface area contributed by atoms with Gasteiger partial charge in [0, 0.05) is 6.54 Å². The average molecular weight is 400 g/mol. The molecule has 2 amide bonds. The van der Waals surface area contributed by atoms with E-state index in [0.717, 1.165) is 11.3 Å². The molecule has 3 heterocycles. The van der Waals surface area contributed by atoms with Crippen molar-refractivity contribution in [2.45, 2.75) is 25.2 Å². The van der Waals surface area contributed by atoms with Crippen molar-refractivity contribution >= 4 is 17.8 Å². The van der Waals surface area contributed by atoms with Crippen LogP contribution in [0.3, 0.4) is 0 Å². The quantitative estimate of drug-likeness (QED) is 0.534. The molecule has 1 aromatic rings. The highest BCUT2D eigenvalue weighted by atomic mass is 16.5. The molecule has 2 fully saturated rings. The van der Waals surface area contributed by atoms with Gasteiger partial charge in [-0.1, -0.05) is 24.3 Å². The lowest BCUT2D eigenvalue weighted by Gasteiger charge is -2.23. The Hall–Kier alpha value is -2.87. The number of nitrogens with one attached hydrogen (secondary N) is 1. The SMILES string of the molecule is CCOC(=O)CN1CC23C=C[C@@H](O2)C(C(=O)NCc2ccc(OC)cc2)[C@@H]3C1=O. The molecule has 2 saturated heterocycles. The minimum Gasteiger partial charge on any atom is -0.497 e. The Morgan fingerprint density at radius 2 is 2.07 bits per heavy atom. The molecule has 4 rings (SSSR count). The normalized spacial score (nSPS) is 29.1. The van der Waals surface area contributed by atoms with Crippen LogP contribution in [0.5, 0.6) is 5.75 Å². The smallest absolute Gasteiger partial charge is 0.325 e. The highest BCUT2D eigenvalue weighted by molar-refractivity contribution is 5.94. The molecule has 0 aromatic heterocycles. The van der Waals surface area contributed by atoms with E-state index in [-0.39, 0.29) is 31.5 Å². The fourth-order valence-corrected chi connectivity index (χ4v) is 4.42. The number of benzene rings is 1. The van der Waals surface area contributed by atoms with Crippen molar-refractivity contribution in [2.75, 3.05) is 26.8 Å². The molecule has 1 N–H and O–H groups in total. The largest absolute Gasteiger partial charge is 0.497 e. The topological polar surface area (TPSA) is 94.2 Å². The average Bonchev–Trinajstić information content (AvgIpc) is 3.35. The molecular formula is C21H24N2O6. The molecule has 8 heteroatoms. The Kier molecular flexibility index (Phi) is 5.04. The molecule has 3 aliphatic heterocycles. The van der Waals surface area contributed by atoms with Crippen molar-refractivity contribution in [3.8, 4) is 5.75 Å². The predicted molar refractivity (Wildman–Crippen MR) is 102 cm³/mol. The number of rotatable bonds is 7. The van der Waals surface area contributed by atoms with Gasteiger partial charge in [-0.3, -0.25) is 14.4 Å². The van der Waals surface area contributed by atoms with Crippen molar-refractivity contribution in [3.05, 3.63) is 42.0 Å². The van der Waals surface area contributed by atoms with E-state index in [0.29, 0.717) is 6.54 Å². The molecule has 8 nitrogen and oxygen atoms in total. The summed E-state index contributed by atoms with van der Waals surface area (Å²) in [5.74, 6) is -1.42. The Morgan fingerprint density at radius 3 is 2.76 bits per heavy atom. The summed E-state index contributed by atoms with van der Waals surface area (Å²) in [6.07, 6.45) is 3.28. The summed E-state index contributed by atoms with van der Waals surface area (Å²) in [4.78, 5) is 39.2. The number of ether oxygens (including phenoxy) is 3. The lowest BCUT2D eigenvalue weighted by Crippen LogP contribution is -2.44. The van der Waals surface area contributed by atoms with Crippen molar-refractivity contribution in [1.82, 2.24) is 10.2 Å². The van der Waals surface area contributed by atoms with Crippen LogP contribution in [0.2, 0.25) is 0 Å². The molecule has 1 aromatic carbocycles. The standard InChI is InChI=1S/C21H24N2O6/c1-3-28-16(24)11-23-12-21-9-8-15(29-21)17(18(21)20(23)26)19(25)22-10-13-4-6-14(27-2)7-5-13/h4-9,15,17-18H,3,10-12H2,1-2H3,(H,22,25)/t15-,17?,18-,21?/m1/s1. The van der Waals surface area contributed by atoms with Gasteiger partial charge in [0.15, 0.2) is 0 Å². The van der Waals surface area contributed by atoms with E-state index in [4.69, 9.17) is 14.2 Å². The van der Waals surface area contributed by atoms with Gasteiger partial charge in [-0.25, -0.2) is 0 Å². The molecule has 1 spiro atoms. The number of amides is 2. The van der Waals surface area contributed by atoms with Crippen LogP contribution in [0.25, 0.3) is 0 Å². The van der Waals surface area contributed by atoms with Gasteiger partial charge in [-0.05, 0) is 24.6 Å². The number of likely N-dealkylation sites (tertiary alicyclic amines) is 1. The summed E-state index contributed by atoms with van der Waals surface area (Å²) < 4.78 is 16.1. The molecule has 0 radical (unpaired) electrons. The molecule has 29 heavy (non-hydrogen) atoms. The van der Waals surface area contributed by atoms with Gasteiger partial charge in [0.25, 0.3) is 0 Å². The second-order valence-corrected chi connectivity index (χ2v) is 7.47. The Morgan fingerprint density at radius 1 is 1.31 bits per heavy atom. The summed E-state index contributed by atoms with van der Waals surface area (Å²) >= 11 is 0. The zero-order valence-corrected chi connectivity index (χ0v) is 16.4. The molecule has 0 aliphatic carbocycles. The van der Waals surface area contributed by atoms with E-state index < -0.39 is 29.5 Å². The van der Waals surface area contributed by atoms with Crippen LogP contribution in [0.15, 0.2) is 36.4 Å². The second-order valence-electron chi connectivity index (χ2n) is 7.47. The van der Waals surface area contributed by atoms with Gasteiger partial charge in [0.2, 0.25) is 11.8 Å². The van der Waals surface area contributed by atoms with Crippen LogP contribution >= 0.6 is 0 Å². The van der Waals surface area contributed by atoms with Gasteiger partial charge < -0.3 is 24.4 Å². The molecule has 0 saturated carbocycles. The fourth-order valence-electron chi connectivity index (χ4n) is 4.42. The summed E-state index contributed by atoms with van der Waals surface area (Å²) in [5.41, 5.74) is 0.0891. The molecule has 2 unspecified atom stereocenters. The number of carbonyl (C=O) groups excluding carboxylic acids is 3. The molecule has 2 bridgehead atoms. The minimum absolute atomic E-state index is 0.132. The molecule has 154 valence electrons. The fraction of sp³-hybridized carbons (Fsp3) is 0.476. The summed E-state index contributed by atoms with van der Waals surface area (Å²) in [7, 11) is 1.60. The van der Waals surface area contributed by atoms with Crippen LogP contribution in [0.4, 0.5) is 0 Å². The summed E-state index contributed by atoms with van der Waals surface area (Å²) in [6, 6.07) is 7.40. The summed E-state index contributed by atoms with van der Waals surface area (Å²) in [5, 5.41) is 2.91. The van der Waals surface area contributed by atoms with E-state index in [1.54, 1.807) is 14.0 Å². The number of nitrogens with zero attached hydrogens (tertiary/aromatic N) is 1. The van der Waals surface area contributed by atoms with Crippen molar-refractivity contribution in [3.63, 3.8) is 0 Å². The molecular weight excluding hydrogens is 376 g/mol. The number of esters is 1. The predicted octanol–water partition coefficient (Wildman–Crippen LogP) is 0.657. The first-order valence-electron chi connectivity index (χ1n) is 9.69. The van der Waals surface area contributed by atoms with E-state index in [2.05, 4.69) is 5.32 Å². The van der Waals surface area contributed by atoms with Gasteiger partial charge in [-0.15, -0.1) is 0 Å². The zero-order valence-electron chi connectivity index (χ0n) is 16.4. The molecule has 4 atom stereocenters. The van der Waals surface area contributed by atoms with Crippen LogP contribution in [0, 0.1) is 11.8 Å². The third-order valence-electron chi connectivity index (χ3n) is 5.73. The number of hydrogen-bond donors (Lipinski definition) is 1. The van der Waals surface area contributed by atoms with Crippen LogP contribution in [0.1, 0.15) is 12.5 Å². The number of methoxy groups -OCH3 is 1. The maximum absolute atomic E-state index is 13.0. The Bertz CT molecular complexity index is 851. The van der Waals surface area contributed by atoms with Crippen molar-refractivity contribution in [1.29, 1.82) is 0 Å². The third kappa shape index (κ3) is 3.37. The zero-order chi connectivity index (χ0) is 20.6. The van der Waals surface area contributed by atoms with Crippen molar-refractivity contribution in [2.24, 2.45) is 11.8 Å².